The number of nitrogens with zero attached hydrogens (tertiary/aromatic N) is 1. The van der Waals surface area contributed by atoms with Gasteiger partial charge in [0.05, 0.1) is 6.54 Å². The van der Waals surface area contributed by atoms with Gasteiger partial charge in [-0.25, -0.2) is 9.59 Å². The molecule has 136 valence electrons. The average Bonchev–Trinajstić information content (AvgIpc) is 3.31. The van der Waals surface area contributed by atoms with Gasteiger partial charge < -0.3 is 20.5 Å². The summed E-state index contributed by atoms with van der Waals surface area (Å²) in [6.07, 6.45) is 6.86. The van der Waals surface area contributed by atoms with Gasteiger partial charge >= 0.3 is 11.9 Å². The number of rotatable bonds is 3. The number of carbonyl (C=O) groups is 2. The first-order valence-electron chi connectivity index (χ1n) is 8.57. The second kappa shape index (κ2) is 7.86. The minimum Gasteiger partial charge on any atom is -0.478 e. The Labute approximate surface area is 150 Å². The van der Waals surface area contributed by atoms with Crippen molar-refractivity contribution in [3.63, 3.8) is 0 Å². The highest BCUT2D eigenvalue weighted by Crippen LogP contribution is 2.36. The Morgan fingerprint density at radius 3 is 2.58 bits per heavy atom. The lowest BCUT2D eigenvalue weighted by Crippen LogP contribution is -2.28. The molecule has 7 heteroatoms. The third-order valence-corrected chi connectivity index (χ3v) is 4.58. The maximum atomic E-state index is 9.55. The molecule has 1 unspecified atom stereocenters. The Morgan fingerprint density at radius 2 is 1.92 bits per heavy atom. The SMILES string of the molecule is O=C(O)/C=C/C(=O)O.c1cc2c3c(ccc2[nH]1)C(C1=NCCN1)CCC3. The average molecular weight is 355 g/mol. The molecule has 2 heterocycles. The van der Waals surface area contributed by atoms with Crippen molar-refractivity contribution < 1.29 is 19.8 Å². The van der Waals surface area contributed by atoms with Gasteiger partial charge in [-0.2, -0.15) is 0 Å². The molecule has 4 rings (SSSR count). The summed E-state index contributed by atoms with van der Waals surface area (Å²) in [5.74, 6) is -0.804. The topological polar surface area (TPSA) is 115 Å². The third-order valence-electron chi connectivity index (χ3n) is 4.58. The fourth-order valence-electron chi connectivity index (χ4n) is 3.53. The molecule has 1 aromatic heterocycles. The molecule has 1 atom stereocenters. The molecule has 0 bridgehead atoms. The molecular formula is C19H21N3O4. The summed E-state index contributed by atoms with van der Waals surface area (Å²) in [6.45, 7) is 1.95. The fraction of sp³-hybridized carbons (Fsp3) is 0.316. The quantitative estimate of drug-likeness (QED) is 0.631. The summed E-state index contributed by atoms with van der Waals surface area (Å²) in [5, 5.41) is 20.5. The second-order valence-electron chi connectivity index (χ2n) is 6.22. The smallest absolute Gasteiger partial charge is 0.328 e. The zero-order valence-corrected chi connectivity index (χ0v) is 14.2. The predicted octanol–water partition coefficient (Wildman–Crippen LogP) is 2.30. The number of carboxylic acids is 2. The monoisotopic (exact) mass is 355 g/mol. The van der Waals surface area contributed by atoms with Gasteiger partial charge in [-0.3, -0.25) is 4.99 Å². The van der Waals surface area contributed by atoms with E-state index in [9.17, 15) is 9.59 Å². The van der Waals surface area contributed by atoms with Crippen molar-refractivity contribution in [2.45, 2.75) is 25.2 Å². The van der Waals surface area contributed by atoms with Crippen LogP contribution in [0.25, 0.3) is 10.9 Å². The summed E-state index contributed by atoms with van der Waals surface area (Å²) in [5.41, 5.74) is 4.28. The van der Waals surface area contributed by atoms with Crippen LogP contribution in [0.1, 0.15) is 29.9 Å². The fourth-order valence-corrected chi connectivity index (χ4v) is 3.53. The number of aliphatic carboxylic acids is 2. The van der Waals surface area contributed by atoms with Crippen LogP contribution in [-0.2, 0) is 16.0 Å². The van der Waals surface area contributed by atoms with Gasteiger partial charge in [0.25, 0.3) is 0 Å². The van der Waals surface area contributed by atoms with Crippen LogP contribution >= 0.6 is 0 Å². The van der Waals surface area contributed by atoms with E-state index in [1.807, 2.05) is 6.20 Å². The van der Waals surface area contributed by atoms with E-state index >= 15 is 0 Å². The van der Waals surface area contributed by atoms with E-state index in [2.05, 4.69) is 33.5 Å². The highest BCUT2D eigenvalue weighted by molar-refractivity contribution is 5.93. The second-order valence-corrected chi connectivity index (χ2v) is 6.22. The van der Waals surface area contributed by atoms with E-state index in [1.54, 1.807) is 0 Å². The Balaban J connectivity index is 0.000000211. The van der Waals surface area contributed by atoms with Crippen molar-refractivity contribution in [2.24, 2.45) is 4.99 Å². The van der Waals surface area contributed by atoms with Crippen molar-refractivity contribution in [3.05, 3.63) is 47.7 Å². The number of amidine groups is 1. The number of hydrogen-bond donors (Lipinski definition) is 4. The van der Waals surface area contributed by atoms with Crippen molar-refractivity contribution in [1.29, 1.82) is 0 Å². The van der Waals surface area contributed by atoms with E-state index in [1.165, 1.54) is 47.1 Å². The first-order valence-corrected chi connectivity index (χ1v) is 8.57. The van der Waals surface area contributed by atoms with Crippen molar-refractivity contribution in [1.82, 2.24) is 10.3 Å². The van der Waals surface area contributed by atoms with Crippen LogP contribution < -0.4 is 5.32 Å². The lowest BCUT2D eigenvalue weighted by atomic mass is 9.80. The molecule has 1 aromatic carbocycles. The van der Waals surface area contributed by atoms with E-state index in [0.29, 0.717) is 18.1 Å². The number of H-pyrrole nitrogens is 1. The lowest BCUT2D eigenvalue weighted by Gasteiger charge is -2.26. The normalized spacial score (nSPS) is 18.6. The maximum absolute atomic E-state index is 9.55. The van der Waals surface area contributed by atoms with Crippen LogP contribution in [0.5, 0.6) is 0 Å². The van der Waals surface area contributed by atoms with Crippen molar-refractivity contribution in [2.75, 3.05) is 13.1 Å². The van der Waals surface area contributed by atoms with Gasteiger partial charge in [0, 0.05) is 41.7 Å². The van der Waals surface area contributed by atoms with E-state index < -0.39 is 11.9 Å². The number of carboxylic acid groups (broad SMARTS) is 2. The number of benzene rings is 1. The van der Waals surface area contributed by atoms with E-state index in [0.717, 1.165) is 13.1 Å². The Morgan fingerprint density at radius 1 is 1.15 bits per heavy atom. The molecular weight excluding hydrogens is 334 g/mol. The summed E-state index contributed by atoms with van der Waals surface area (Å²) < 4.78 is 0. The molecule has 2 aliphatic rings. The number of aryl methyl sites for hydroxylation is 1. The van der Waals surface area contributed by atoms with Gasteiger partial charge in [0.15, 0.2) is 0 Å². The van der Waals surface area contributed by atoms with Crippen LogP contribution in [0.2, 0.25) is 0 Å². The minimum absolute atomic E-state index is 0.496. The van der Waals surface area contributed by atoms with Gasteiger partial charge in [0.2, 0.25) is 0 Å². The van der Waals surface area contributed by atoms with Gasteiger partial charge in [-0.1, -0.05) is 6.07 Å². The van der Waals surface area contributed by atoms with Gasteiger partial charge in [0.1, 0.15) is 5.84 Å². The van der Waals surface area contributed by atoms with Crippen LogP contribution in [0, 0.1) is 0 Å². The van der Waals surface area contributed by atoms with Crippen LogP contribution in [0.3, 0.4) is 0 Å². The number of hydrogen-bond acceptors (Lipinski definition) is 4. The highest BCUT2D eigenvalue weighted by atomic mass is 16.4. The summed E-state index contributed by atoms with van der Waals surface area (Å²) in [4.78, 5) is 27.0. The van der Waals surface area contributed by atoms with Crippen LogP contribution in [-0.4, -0.2) is 46.1 Å². The molecule has 7 nitrogen and oxygen atoms in total. The molecule has 2 aromatic rings. The molecule has 0 radical (unpaired) electrons. The first-order chi connectivity index (χ1) is 12.6. The number of fused-ring (bicyclic) bond motifs is 3. The van der Waals surface area contributed by atoms with Crippen molar-refractivity contribution >= 4 is 28.7 Å². The predicted molar refractivity (Wildman–Crippen MR) is 98.7 cm³/mol. The van der Waals surface area contributed by atoms with E-state index in [4.69, 9.17) is 10.2 Å². The van der Waals surface area contributed by atoms with Crippen LogP contribution in [0.15, 0.2) is 41.5 Å². The molecule has 26 heavy (non-hydrogen) atoms. The van der Waals surface area contributed by atoms with E-state index in [-0.39, 0.29) is 0 Å². The van der Waals surface area contributed by atoms with Crippen LogP contribution in [0.4, 0.5) is 0 Å². The van der Waals surface area contributed by atoms with Crippen molar-refractivity contribution in [3.8, 4) is 0 Å². The molecule has 4 N–H and O–H groups in total. The minimum atomic E-state index is -1.26. The maximum Gasteiger partial charge on any atom is 0.328 e. The molecule has 0 spiro atoms. The first kappa shape index (κ1) is 17.7. The van der Waals surface area contributed by atoms with Gasteiger partial charge in [-0.05, 0) is 42.5 Å². The lowest BCUT2D eigenvalue weighted by molar-refractivity contribution is -0.134. The summed E-state index contributed by atoms with van der Waals surface area (Å²) in [7, 11) is 0. The molecule has 1 aliphatic heterocycles. The summed E-state index contributed by atoms with van der Waals surface area (Å²) in [6, 6.07) is 6.71. The Kier molecular flexibility index (Phi) is 5.36. The van der Waals surface area contributed by atoms with Gasteiger partial charge in [-0.15, -0.1) is 0 Å². The zero-order valence-electron chi connectivity index (χ0n) is 14.2. The number of aliphatic imine (C=N–C) groups is 1. The molecule has 0 amide bonds. The highest BCUT2D eigenvalue weighted by Gasteiger charge is 2.27. The third kappa shape index (κ3) is 3.93. The molecule has 0 saturated carbocycles. The standard InChI is InChI=1S/C15H17N3.C4H4O4/c1-2-10-11(4-5-14-12(10)6-7-16-14)13(3-1)15-17-8-9-18-15;5-3(6)1-2-4(7)8/h4-7,13,16H,1-3,8-9H2,(H,17,18);1-2H,(H,5,6)(H,7,8)/b;2-1+. The number of aromatic amines is 1. The molecule has 1 aliphatic carbocycles. The molecule has 0 fully saturated rings. The number of nitrogens with one attached hydrogen (secondary N) is 2. The molecule has 0 saturated heterocycles. The number of aromatic nitrogens is 1. The Hall–Kier alpha value is -3.09. The zero-order chi connectivity index (χ0) is 18.5. The Bertz CT molecular complexity index is 866. The largest absolute Gasteiger partial charge is 0.478 e. The summed E-state index contributed by atoms with van der Waals surface area (Å²) >= 11 is 0.